The lowest BCUT2D eigenvalue weighted by molar-refractivity contribution is -0.0111. The number of nitrogens with two attached hydrogens (primary N) is 1. The van der Waals surface area contributed by atoms with Crippen LogP contribution in [0.25, 0.3) is 0 Å². The molecular weight excluding hydrogens is 218 g/mol. The van der Waals surface area contributed by atoms with Crippen LogP contribution in [0.3, 0.4) is 0 Å². The Hall–Kier alpha value is -1.55. The molecule has 17 heavy (non-hydrogen) atoms. The van der Waals surface area contributed by atoms with Crippen LogP contribution >= 0.6 is 0 Å². The van der Waals surface area contributed by atoms with Crippen molar-refractivity contribution in [1.82, 2.24) is 0 Å². The van der Waals surface area contributed by atoms with Gasteiger partial charge in [0.05, 0.1) is 12.2 Å². The van der Waals surface area contributed by atoms with Gasteiger partial charge in [0, 0.05) is 13.0 Å². The first kappa shape index (κ1) is 11.9. The highest BCUT2D eigenvalue weighted by Crippen LogP contribution is 2.29. The summed E-state index contributed by atoms with van der Waals surface area (Å²) >= 11 is 0. The van der Waals surface area contributed by atoms with Gasteiger partial charge in [0.2, 0.25) is 0 Å². The summed E-state index contributed by atoms with van der Waals surface area (Å²) in [6, 6.07) is 5.52. The second-order valence-corrected chi connectivity index (χ2v) is 4.47. The number of fused-ring (bicyclic) bond motifs is 1. The number of benzene rings is 1. The van der Waals surface area contributed by atoms with Gasteiger partial charge in [-0.2, -0.15) is 0 Å². The van der Waals surface area contributed by atoms with Crippen molar-refractivity contribution in [2.24, 2.45) is 5.73 Å². The monoisotopic (exact) mass is 235 g/mol. The molecule has 0 fully saturated rings. The number of cyclic esters (lactones) is 1. The Morgan fingerprint density at radius 2 is 2.29 bits per heavy atom. The minimum atomic E-state index is -0.586. The largest absolute Gasteiger partial charge is 0.494 e. The van der Waals surface area contributed by atoms with E-state index in [-0.39, 0.29) is 5.97 Å². The van der Waals surface area contributed by atoms with E-state index in [0.717, 1.165) is 5.56 Å². The SMILES string of the molecule is CCOc1ccc2c(c1)C(=O)OC(C)(CN)C2. The van der Waals surface area contributed by atoms with Crippen LogP contribution in [0.5, 0.6) is 5.75 Å². The van der Waals surface area contributed by atoms with Gasteiger partial charge in [-0.15, -0.1) is 0 Å². The van der Waals surface area contributed by atoms with Crippen LogP contribution in [-0.2, 0) is 11.2 Å². The third-order valence-electron chi connectivity index (χ3n) is 2.95. The summed E-state index contributed by atoms with van der Waals surface area (Å²) in [6.07, 6.45) is 0.650. The maximum Gasteiger partial charge on any atom is 0.339 e. The fourth-order valence-electron chi connectivity index (χ4n) is 1.99. The molecule has 0 aliphatic carbocycles. The number of esters is 1. The zero-order valence-electron chi connectivity index (χ0n) is 10.2. The molecule has 0 aromatic heterocycles. The summed E-state index contributed by atoms with van der Waals surface area (Å²) in [5.74, 6) is 0.375. The lowest BCUT2D eigenvalue weighted by Crippen LogP contribution is -2.45. The van der Waals surface area contributed by atoms with Gasteiger partial charge in [0.15, 0.2) is 0 Å². The Bertz CT molecular complexity index is 444. The van der Waals surface area contributed by atoms with E-state index >= 15 is 0 Å². The fraction of sp³-hybridized carbons (Fsp3) is 0.462. The average Bonchev–Trinajstić information content (AvgIpc) is 2.30. The van der Waals surface area contributed by atoms with Gasteiger partial charge in [0.25, 0.3) is 0 Å². The van der Waals surface area contributed by atoms with Gasteiger partial charge in [-0.25, -0.2) is 4.79 Å². The van der Waals surface area contributed by atoms with E-state index in [9.17, 15) is 4.79 Å². The quantitative estimate of drug-likeness (QED) is 0.807. The van der Waals surface area contributed by atoms with Crippen molar-refractivity contribution in [2.75, 3.05) is 13.2 Å². The molecule has 2 N–H and O–H groups in total. The van der Waals surface area contributed by atoms with E-state index in [1.807, 2.05) is 26.0 Å². The van der Waals surface area contributed by atoms with Crippen molar-refractivity contribution in [3.05, 3.63) is 29.3 Å². The Morgan fingerprint density at radius 3 is 2.94 bits per heavy atom. The molecule has 0 saturated carbocycles. The Balaban J connectivity index is 2.35. The molecule has 1 aromatic rings. The minimum absolute atomic E-state index is 0.319. The molecule has 4 heteroatoms. The van der Waals surface area contributed by atoms with Crippen LogP contribution in [0.15, 0.2) is 18.2 Å². The molecule has 0 saturated heterocycles. The van der Waals surface area contributed by atoms with Gasteiger partial charge >= 0.3 is 5.97 Å². The average molecular weight is 235 g/mol. The Labute approximate surface area is 101 Å². The molecule has 1 aliphatic heterocycles. The van der Waals surface area contributed by atoms with Crippen LogP contribution in [0, 0.1) is 0 Å². The van der Waals surface area contributed by atoms with Crippen molar-refractivity contribution in [2.45, 2.75) is 25.9 Å². The standard InChI is InChI=1S/C13H17NO3/c1-3-16-10-5-4-9-7-13(2,8-14)17-12(15)11(9)6-10/h4-6H,3,7-8,14H2,1-2H3. The zero-order chi connectivity index (χ0) is 12.5. The molecule has 0 spiro atoms. The lowest BCUT2D eigenvalue weighted by Gasteiger charge is -2.33. The number of carbonyl (C=O) groups excluding carboxylic acids is 1. The van der Waals surface area contributed by atoms with Gasteiger partial charge in [-0.05, 0) is 31.5 Å². The molecule has 4 nitrogen and oxygen atoms in total. The molecule has 1 atom stereocenters. The van der Waals surface area contributed by atoms with Crippen LogP contribution in [0.2, 0.25) is 0 Å². The summed E-state index contributed by atoms with van der Waals surface area (Å²) in [5.41, 5.74) is 6.60. The Kier molecular flexibility index (Phi) is 3.07. The maximum absolute atomic E-state index is 11.9. The molecule has 92 valence electrons. The van der Waals surface area contributed by atoms with Crippen LogP contribution < -0.4 is 10.5 Å². The molecule has 1 unspecified atom stereocenters. The molecule has 0 bridgehead atoms. The maximum atomic E-state index is 11.9. The predicted molar refractivity (Wildman–Crippen MR) is 64.2 cm³/mol. The second kappa shape index (κ2) is 4.37. The van der Waals surface area contributed by atoms with Gasteiger partial charge < -0.3 is 15.2 Å². The van der Waals surface area contributed by atoms with Crippen molar-refractivity contribution in [1.29, 1.82) is 0 Å². The van der Waals surface area contributed by atoms with Crippen LogP contribution in [0.1, 0.15) is 29.8 Å². The molecule has 0 amide bonds. The number of rotatable bonds is 3. The van der Waals surface area contributed by atoms with E-state index < -0.39 is 5.60 Å². The van der Waals surface area contributed by atoms with Crippen molar-refractivity contribution < 1.29 is 14.3 Å². The minimum Gasteiger partial charge on any atom is -0.494 e. The van der Waals surface area contributed by atoms with Gasteiger partial charge in [-0.3, -0.25) is 0 Å². The third-order valence-corrected chi connectivity index (χ3v) is 2.95. The Morgan fingerprint density at radius 1 is 1.53 bits per heavy atom. The summed E-state index contributed by atoms with van der Waals surface area (Å²) in [6.45, 7) is 4.66. The molecule has 2 rings (SSSR count). The molecule has 0 radical (unpaired) electrons. The molecule has 1 aliphatic rings. The smallest absolute Gasteiger partial charge is 0.339 e. The fourth-order valence-corrected chi connectivity index (χ4v) is 1.99. The summed E-state index contributed by atoms with van der Waals surface area (Å²) in [5, 5.41) is 0. The predicted octanol–water partition coefficient (Wildman–Crippen LogP) is 1.52. The van der Waals surface area contributed by atoms with E-state index in [4.69, 9.17) is 15.2 Å². The first-order valence-corrected chi connectivity index (χ1v) is 5.77. The molecule has 1 aromatic carbocycles. The van der Waals surface area contributed by atoms with Crippen molar-refractivity contribution >= 4 is 5.97 Å². The highest BCUT2D eigenvalue weighted by molar-refractivity contribution is 5.93. The molecular formula is C13H17NO3. The van der Waals surface area contributed by atoms with Gasteiger partial charge in [-0.1, -0.05) is 6.07 Å². The van der Waals surface area contributed by atoms with Gasteiger partial charge in [0.1, 0.15) is 11.4 Å². The van der Waals surface area contributed by atoms with Crippen molar-refractivity contribution in [3.8, 4) is 5.75 Å². The van der Waals surface area contributed by atoms with Crippen molar-refractivity contribution in [3.63, 3.8) is 0 Å². The van der Waals surface area contributed by atoms with E-state index in [1.54, 1.807) is 6.07 Å². The highest BCUT2D eigenvalue weighted by Gasteiger charge is 2.35. The number of carbonyl (C=O) groups is 1. The molecule has 1 heterocycles. The highest BCUT2D eigenvalue weighted by atomic mass is 16.6. The normalized spacial score (nSPS) is 22.9. The lowest BCUT2D eigenvalue weighted by atomic mass is 9.90. The first-order chi connectivity index (χ1) is 8.08. The number of ether oxygens (including phenoxy) is 2. The second-order valence-electron chi connectivity index (χ2n) is 4.47. The van der Waals surface area contributed by atoms with E-state index in [2.05, 4.69) is 0 Å². The topological polar surface area (TPSA) is 61.5 Å². The zero-order valence-corrected chi connectivity index (χ0v) is 10.2. The first-order valence-electron chi connectivity index (χ1n) is 5.77. The number of hydrogen-bond donors (Lipinski definition) is 1. The van der Waals surface area contributed by atoms with E-state index in [1.165, 1.54) is 0 Å². The van der Waals surface area contributed by atoms with E-state index in [0.29, 0.717) is 30.9 Å². The summed E-state index contributed by atoms with van der Waals surface area (Å²) < 4.78 is 10.7. The third kappa shape index (κ3) is 2.26. The van der Waals surface area contributed by atoms with Crippen LogP contribution in [-0.4, -0.2) is 24.7 Å². The van der Waals surface area contributed by atoms with Crippen LogP contribution in [0.4, 0.5) is 0 Å². The summed E-state index contributed by atoms with van der Waals surface area (Å²) in [7, 11) is 0. The number of hydrogen-bond acceptors (Lipinski definition) is 4. The summed E-state index contributed by atoms with van der Waals surface area (Å²) in [4.78, 5) is 11.9.